The Morgan fingerprint density at radius 2 is 2.42 bits per heavy atom. The molecule has 0 fully saturated rings. The van der Waals surface area contributed by atoms with Gasteiger partial charge in [-0.05, 0) is 29.9 Å². The fourth-order valence-corrected chi connectivity index (χ4v) is 1.65. The van der Waals surface area contributed by atoms with Crippen LogP contribution in [0.2, 0.25) is 0 Å². The standard InChI is InChI=1S/C8H14BrN3/c1-3-12-8(4-5-10-2)7(9)6-11-12/h6,10H,3-5H2,1-2H3. The molecular weight excluding hydrogens is 218 g/mol. The van der Waals surface area contributed by atoms with Gasteiger partial charge in [0.25, 0.3) is 0 Å². The molecule has 68 valence electrons. The fraction of sp³-hybridized carbons (Fsp3) is 0.625. The van der Waals surface area contributed by atoms with Crippen molar-refractivity contribution in [2.24, 2.45) is 0 Å². The Bertz CT molecular complexity index is 244. The number of aryl methyl sites for hydroxylation is 1. The van der Waals surface area contributed by atoms with Crippen molar-refractivity contribution < 1.29 is 0 Å². The van der Waals surface area contributed by atoms with E-state index in [0.29, 0.717) is 0 Å². The first kappa shape index (κ1) is 9.74. The number of nitrogens with zero attached hydrogens (tertiary/aromatic N) is 2. The van der Waals surface area contributed by atoms with Crippen LogP contribution in [-0.4, -0.2) is 23.4 Å². The molecule has 0 aromatic carbocycles. The summed E-state index contributed by atoms with van der Waals surface area (Å²) < 4.78 is 3.13. The Hall–Kier alpha value is -0.350. The van der Waals surface area contributed by atoms with Crippen molar-refractivity contribution in [3.05, 3.63) is 16.4 Å². The van der Waals surface area contributed by atoms with Crippen LogP contribution in [-0.2, 0) is 13.0 Å². The lowest BCUT2D eigenvalue weighted by molar-refractivity contribution is 0.610. The molecule has 0 aliphatic heterocycles. The lowest BCUT2D eigenvalue weighted by Crippen LogP contribution is -2.13. The minimum atomic E-state index is 0.935. The number of hydrogen-bond acceptors (Lipinski definition) is 2. The molecule has 0 amide bonds. The number of hydrogen-bond donors (Lipinski definition) is 1. The molecule has 1 rings (SSSR count). The van der Waals surface area contributed by atoms with E-state index in [-0.39, 0.29) is 0 Å². The van der Waals surface area contributed by atoms with Crippen LogP contribution >= 0.6 is 15.9 Å². The zero-order valence-electron chi connectivity index (χ0n) is 7.47. The average molecular weight is 232 g/mol. The summed E-state index contributed by atoms with van der Waals surface area (Å²) in [6.45, 7) is 4.03. The van der Waals surface area contributed by atoms with Gasteiger partial charge in [-0.25, -0.2) is 0 Å². The van der Waals surface area contributed by atoms with Gasteiger partial charge in [0.2, 0.25) is 0 Å². The predicted octanol–water partition coefficient (Wildman–Crippen LogP) is 1.43. The van der Waals surface area contributed by atoms with Crippen LogP contribution in [0.1, 0.15) is 12.6 Å². The molecule has 1 N–H and O–H groups in total. The van der Waals surface area contributed by atoms with Crippen molar-refractivity contribution in [2.45, 2.75) is 19.9 Å². The highest BCUT2D eigenvalue weighted by Crippen LogP contribution is 2.15. The van der Waals surface area contributed by atoms with Gasteiger partial charge in [-0.1, -0.05) is 0 Å². The van der Waals surface area contributed by atoms with Gasteiger partial charge in [0.15, 0.2) is 0 Å². The van der Waals surface area contributed by atoms with Gasteiger partial charge in [-0.2, -0.15) is 5.10 Å². The SMILES string of the molecule is CCn1ncc(Br)c1CCNC. The predicted molar refractivity (Wildman–Crippen MR) is 53.2 cm³/mol. The van der Waals surface area contributed by atoms with Crippen molar-refractivity contribution in [3.8, 4) is 0 Å². The summed E-state index contributed by atoms with van der Waals surface area (Å²) in [4.78, 5) is 0. The summed E-state index contributed by atoms with van der Waals surface area (Å²) in [5.74, 6) is 0. The molecule has 0 aliphatic rings. The van der Waals surface area contributed by atoms with Crippen LogP contribution in [0.4, 0.5) is 0 Å². The summed E-state index contributed by atoms with van der Waals surface area (Å²) in [7, 11) is 1.96. The normalized spacial score (nSPS) is 10.6. The molecule has 0 aliphatic carbocycles. The Balaban J connectivity index is 2.72. The van der Waals surface area contributed by atoms with Crippen LogP contribution < -0.4 is 5.32 Å². The average Bonchev–Trinajstić information content (AvgIpc) is 2.43. The lowest BCUT2D eigenvalue weighted by atomic mass is 10.3. The van der Waals surface area contributed by atoms with Gasteiger partial charge in [0.1, 0.15) is 0 Å². The summed E-state index contributed by atoms with van der Waals surface area (Å²) in [5.41, 5.74) is 1.27. The van der Waals surface area contributed by atoms with Crippen molar-refractivity contribution >= 4 is 15.9 Å². The summed E-state index contributed by atoms with van der Waals surface area (Å²) >= 11 is 3.48. The van der Waals surface area contributed by atoms with Crippen LogP contribution in [0, 0.1) is 0 Å². The maximum absolute atomic E-state index is 4.23. The fourth-order valence-electron chi connectivity index (χ4n) is 1.15. The van der Waals surface area contributed by atoms with E-state index in [4.69, 9.17) is 0 Å². The van der Waals surface area contributed by atoms with E-state index in [2.05, 4.69) is 33.3 Å². The van der Waals surface area contributed by atoms with E-state index in [9.17, 15) is 0 Å². The van der Waals surface area contributed by atoms with Crippen LogP contribution in [0.3, 0.4) is 0 Å². The highest BCUT2D eigenvalue weighted by atomic mass is 79.9. The van der Waals surface area contributed by atoms with Crippen LogP contribution in [0.5, 0.6) is 0 Å². The third-order valence-electron chi connectivity index (χ3n) is 1.81. The molecule has 0 bridgehead atoms. The van der Waals surface area contributed by atoms with Crippen molar-refractivity contribution in [1.29, 1.82) is 0 Å². The molecule has 1 aromatic heterocycles. The maximum Gasteiger partial charge on any atom is 0.0635 e. The number of nitrogens with one attached hydrogen (secondary N) is 1. The Kier molecular flexibility index (Phi) is 3.75. The molecule has 0 saturated carbocycles. The highest BCUT2D eigenvalue weighted by Gasteiger charge is 2.05. The maximum atomic E-state index is 4.23. The zero-order chi connectivity index (χ0) is 8.97. The highest BCUT2D eigenvalue weighted by molar-refractivity contribution is 9.10. The van der Waals surface area contributed by atoms with Crippen molar-refractivity contribution in [1.82, 2.24) is 15.1 Å². The van der Waals surface area contributed by atoms with E-state index in [0.717, 1.165) is 24.0 Å². The molecule has 3 nitrogen and oxygen atoms in total. The zero-order valence-corrected chi connectivity index (χ0v) is 9.06. The van der Waals surface area contributed by atoms with E-state index in [1.54, 1.807) is 0 Å². The number of aromatic nitrogens is 2. The second-order valence-electron chi connectivity index (χ2n) is 2.61. The lowest BCUT2D eigenvalue weighted by Gasteiger charge is -2.04. The molecular formula is C8H14BrN3. The van der Waals surface area contributed by atoms with Gasteiger partial charge in [-0.15, -0.1) is 0 Å². The molecule has 0 unspecified atom stereocenters. The molecule has 1 aromatic rings. The Morgan fingerprint density at radius 1 is 1.67 bits per heavy atom. The van der Waals surface area contributed by atoms with E-state index >= 15 is 0 Å². The second-order valence-corrected chi connectivity index (χ2v) is 3.46. The van der Waals surface area contributed by atoms with Gasteiger partial charge in [0, 0.05) is 19.5 Å². The summed E-state index contributed by atoms with van der Waals surface area (Å²) in [5, 5.41) is 7.35. The van der Waals surface area contributed by atoms with Gasteiger partial charge in [0.05, 0.1) is 16.4 Å². The van der Waals surface area contributed by atoms with Crippen molar-refractivity contribution in [3.63, 3.8) is 0 Å². The quantitative estimate of drug-likeness (QED) is 0.850. The van der Waals surface area contributed by atoms with Gasteiger partial charge >= 0.3 is 0 Å². The molecule has 0 radical (unpaired) electrons. The molecule has 0 saturated heterocycles. The van der Waals surface area contributed by atoms with Crippen LogP contribution in [0.25, 0.3) is 0 Å². The number of halogens is 1. The first-order chi connectivity index (χ1) is 5.79. The smallest absolute Gasteiger partial charge is 0.0635 e. The first-order valence-corrected chi connectivity index (χ1v) is 4.93. The third-order valence-corrected chi connectivity index (χ3v) is 2.47. The number of likely N-dealkylation sites (N-methyl/N-ethyl adjacent to an activating group) is 1. The van der Waals surface area contributed by atoms with E-state index in [1.165, 1.54) is 5.69 Å². The molecule has 1 heterocycles. The van der Waals surface area contributed by atoms with E-state index < -0.39 is 0 Å². The molecule has 0 spiro atoms. The largest absolute Gasteiger partial charge is 0.319 e. The Labute approximate surface area is 81.3 Å². The molecule has 12 heavy (non-hydrogen) atoms. The van der Waals surface area contributed by atoms with Crippen molar-refractivity contribution in [2.75, 3.05) is 13.6 Å². The van der Waals surface area contributed by atoms with Gasteiger partial charge < -0.3 is 5.32 Å². The van der Waals surface area contributed by atoms with E-state index in [1.807, 2.05) is 17.9 Å². The minimum absolute atomic E-state index is 0.935. The Morgan fingerprint density at radius 3 is 3.00 bits per heavy atom. The minimum Gasteiger partial charge on any atom is -0.319 e. The first-order valence-electron chi connectivity index (χ1n) is 4.14. The molecule has 4 heteroatoms. The van der Waals surface area contributed by atoms with Crippen LogP contribution in [0.15, 0.2) is 10.7 Å². The summed E-state index contributed by atoms with van der Waals surface area (Å²) in [6.07, 6.45) is 2.87. The third kappa shape index (κ3) is 2.08. The summed E-state index contributed by atoms with van der Waals surface area (Å²) in [6, 6.07) is 0. The monoisotopic (exact) mass is 231 g/mol. The molecule has 0 atom stereocenters. The second kappa shape index (κ2) is 4.62. The number of rotatable bonds is 4. The van der Waals surface area contributed by atoms with Gasteiger partial charge in [-0.3, -0.25) is 4.68 Å². The topological polar surface area (TPSA) is 29.9 Å².